The van der Waals surface area contributed by atoms with Crippen LogP contribution in [0.3, 0.4) is 0 Å². The molecule has 0 aliphatic carbocycles. The molecule has 0 aromatic heterocycles. The first-order valence-corrected chi connectivity index (χ1v) is 13.3. The van der Waals surface area contributed by atoms with Gasteiger partial charge in [-0.3, -0.25) is 9.10 Å². The Hall–Kier alpha value is -1.12. The van der Waals surface area contributed by atoms with Gasteiger partial charge in [-0.25, -0.2) is 8.42 Å². The van der Waals surface area contributed by atoms with E-state index in [-0.39, 0.29) is 5.91 Å². The van der Waals surface area contributed by atoms with Crippen molar-refractivity contribution in [2.24, 2.45) is 0 Å². The van der Waals surface area contributed by atoms with Gasteiger partial charge >= 0.3 is 0 Å². The molecule has 0 spiro atoms. The highest BCUT2D eigenvalue weighted by molar-refractivity contribution is 7.98. The van der Waals surface area contributed by atoms with E-state index in [9.17, 15) is 13.2 Å². The average Bonchev–Trinajstić information content (AvgIpc) is 2.66. The number of carbonyl (C=O) groups excluding carboxylic acids is 1. The maximum absolute atomic E-state index is 12.8. The maximum atomic E-state index is 12.8. The first kappa shape index (κ1) is 25.1. The van der Waals surface area contributed by atoms with Gasteiger partial charge in [0, 0.05) is 33.1 Å². The minimum absolute atomic E-state index is 0.313. The quantitative estimate of drug-likeness (QED) is 0.445. The summed E-state index contributed by atoms with van der Waals surface area (Å²) in [5, 5.41) is 4.43. The third-order valence-electron chi connectivity index (χ3n) is 4.25. The molecule has 1 amide bonds. The van der Waals surface area contributed by atoms with Crippen molar-refractivity contribution in [3.05, 3.63) is 63.1 Å². The third-order valence-corrected chi connectivity index (χ3v) is 7.35. The summed E-state index contributed by atoms with van der Waals surface area (Å²) in [6.07, 6.45) is 1.39. The van der Waals surface area contributed by atoms with E-state index in [1.807, 2.05) is 0 Å². The number of sulfonamides is 1. The van der Waals surface area contributed by atoms with Crippen LogP contribution in [0.1, 0.15) is 18.9 Å². The predicted molar refractivity (Wildman–Crippen MR) is 128 cm³/mol. The Morgan fingerprint density at radius 1 is 1.13 bits per heavy atom. The van der Waals surface area contributed by atoms with Crippen molar-refractivity contribution in [1.82, 2.24) is 5.32 Å². The molecular weight excluding hydrogens is 487 g/mol. The molecule has 2 rings (SSSR count). The molecule has 0 saturated carbocycles. The molecule has 164 valence electrons. The molecule has 0 saturated heterocycles. The Morgan fingerprint density at radius 3 is 2.33 bits per heavy atom. The molecule has 0 heterocycles. The van der Waals surface area contributed by atoms with Gasteiger partial charge in [-0.15, -0.1) is 0 Å². The summed E-state index contributed by atoms with van der Waals surface area (Å²) in [7, 11) is -3.69. The highest BCUT2D eigenvalue weighted by atomic mass is 35.5. The van der Waals surface area contributed by atoms with Gasteiger partial charge in [-0.2, -0.15) is 11.8 Å². The monoisotopic (exact) mass is 508 g/mol. The summed E-state index contributed by atoms with van der Waals surface area (Å²) in [5.41, 5.74) is 1.21. The lowest BCUT2D eigenvalue weighted by molar-refractivity contribution is -0.122. The fourth-order valence-corrected chi connectivity index (χ4v) is 5.87. The molecule has 5 nitrogen and oxygen atoms in total. The van der Waals surface area contributed by atoms with Crippen LogP contribution >= 0.6 is 46.6 Å². The van der Waals surface area contributed by atoms with Crippen molar-refractivity contribution in [1.29, 1.82) is 0 Å². The SMILES string of the molecule is CC[C@@H](C(=O)NCCSCc1c(Cl)cccc1Cl)N(c1cccc(Cl)c1)S(C)(=O)=O. The molecule has 1 atom stereocenters. The fraction of sp³-hybridized carbons (Fsp3) is 0.350. The Labute approximate surface area is 197 Å². The average molecular weight is 510 g/mol. The van der Waals surface area contributed by atoms with Crippen LogP contribution in [0.2, 0.25) is 15.1 Å². The number of hydrogen-bond donors (Lipinski definition) is 1. The van der Waals surface area contributed by atoms with Crippen LogP contribution in [-0.2, 0) is 20.6 Å². The number of benzene rings is 2. The first-order chi connectivity index (χ1) is 14.1. The van der Waals surface area contributed by atoms with Gasteiger partial charge in [0.05, 0.1) is 11.9 Å². The second-order valence-electron chi connectivity index (χ2n) is 6.51. The van der Waals surface area contributed by atoms with E-state index >= 15 is 0 Å². The number of rotatable bonds is 10. The maximum Gasteiger partial charge on any atom is 0.243 e. The molecule has 0 aliphatic rings. The van der Waals surface area contributed by atoms with Crippen molar-refractivity contribution < 1.29 is 13.2 Å². The molecule has 2 aromatic carbocycles. The van der Waals surface area contributed by atoms with Gasteiger partial charge < -0.3 is 5.32 Å². The molecule has 0 unspecified atom stereocenters. The number of nitrogens with one attached hydrogen (secondary N) is 1. The van der Waals surface area contributed by atoms with Gasteiger partial charge in [0.2, 0.25) is 15.9 Å². The molecular formula is C20H23Cl3N2O3S2. The topological polar surface area (TPSA) is 66.5 Å². The number of hydrogen-bond acceptors (Lipinski definition) is 4. The molecule has 10 heteroatoms. The number of anilines is 1. The minimum atomic E-state index is -3.69. The lowest BCUT2D eigenvalue weighted by atomic mass is 10.2. The standard InChI is InChI=1S/C20H23Cl3N2O3S2/c1-3-19(25(30(2,27)28)15-7-4-6-14(21)12-15)20(26)24-10-11-29-13-16-17(22)8-5-9-18(16)23/h4-9,12,19H,3,10-11,13H2,1-2H3,(H,24,26)/t19-/m0/s1. The first-order valence-electron chi connectivity index (χ1n) is 9.18. The second kappa shape index (κ2) is 11.5. The fourth-order valence-electron chi connectivity index (χ4n) is 2.88. The second-order valence-corrected chi connectivity index (χ2v) is 10.7. The van der Waals surface area contributed by atoms with Gasteiger partial charge in [-0.1, -0.05) is 53.9 Å². The van der Waals surface area contributed by atoms with Gasteiger partial charge in [0.1, 0.15) is 6.04 Å². The zero-order chi connectivity index (χ0) is 22.3. The zero-order valence-corrected chi connectivity index (χ0v) is 20.5. The number of amides is 1. The Bertz CT molecular complexity index is 967. The number of carbonyl (C=O) groups is 1. The lowest BCUT2D eigenvalue weighted by Gasteiger charge is -2.30. The van der Waals surface area contributed by atoms with Gasteiger partial charge in [-0.05, 0) is 42.3 Å². The molecule has 0 bridgehead atoms. The molecule has 1 N–H and O–H groups in total. The van der Waals surface area contributed by atoms with Crippen molar-refractivity contribution in [2.75, 3.05) is 22.9 Å². The van der Waals surface area contributed by atoms with E-state index in [2.05, 4.69) is 5.32 Å². The summed E-state index contributed by atoms with van der Waals surface area (Å²) in [5.74, 6) is 0.878. The van der Waals surface area contributed by atoms with Crippen LogP contribution in [0, 0.1) is 0 Å². The number of thioether (sulfide) groups is 1. The summed E-state index contributed by atoms with van der Waals surface area (Å²) in [6, 6.07) is 10.9. The Kier molecular flexibility index (Phi) is 9.63. The van der Waals surface area contributed by atoms with E-state index in [1.54, 1.807) is 55.1 Å². The summed E-state index contributed by atoms with van der Waals surface area (Å²) in [4.78, 5) is 12.8. The smallest absolute Gasteiger partial charge is 0.243 e. The van der Waals surface area contributed by atoms with E-state index in [4.69, 9.17) is 34.8 Å². The summed E-state index contributed by atoms with van der Waals surface area (Å²) in [6.45, 7) is 2.15. The number of nitrogens with zero attached hydrogens (tertiary/aromatic N) is 1. The molecule has 30 heavy (non-hydrogen) atoms. The highest BCUT2D eigenvalue weighted by Crippen LogP contribution is 2.28. The van der Waals surface area contributed by atoms with E-state index in [0.29, 0.717) is 45.2 Å². The van der Waals surface area contributed by atoms with E-state index in [0.717, 1.165) is 16.1 Å². The van der Waals surface area contributed by atoms with Crippen LogP contribution in [0.25, 0.3) is 0 Å². The molecule has 0 radical (unpaired) electrons. The lowest BCUT2D eigenvalue weighted by Crippen LogP contribution is -2.49. The summed E-state index contributed by atoms with van der Waals surface area (Å²) >= 11 is 19.9. The van der Waals surface area contributed by atoms with Gasteiger partial charge in [0.25, 0.3) is 0 Å². The largest absolute Gasteiger partial charge is 0.353 e. The van der Waals surface area contributed by atoms with Crippen molar-refractivity contribution in [3.8, 4) is 0 Å². The van der Waals surface area contributed by atoms with Crippen molar-refractivity contribution >= 4 is 68.2 Å². The van der Waals surface area contributed by atoms with Crippen LogP contribution < -0.4 is 9.62 Å². The highest BCUT2D eigenvalue weighted by Gasteiger charge is 2.31. The minimum Gasteiger partial charge on any atom is -0.353 e. The Balaban J connectivity index is 1.99. The normalized spacial score (nSPS) is 12.4. The Morgan fingerprint density at radius 2 is 1.77 bits per heavy atom. The summed E-state index contributed by atoms with van der Waals surface area (Å²) < 4.78 is 26.0. The van der Waals surface area contributed by atoms with E-state index in [1.165, 1.54) is 6.07 Å². The van der Waals surface area contributed by atoms with Crippen molar-refractivity contribution in [2.45, 2.75) is 25.1 Å². The zero-order valence-electron chi connectivity index (χ0n) is 16.6. The molecule has 0 fully saturated rings. The molecule has 2 aromatic rings. The van der Waals surface area contributed by atoms with Gasteiger partial charge in [0.15, 0.2) is 0 Å². The predicted octanol–water partition coefficient (Wildman–Crippen LogP) is 5.24. The van der Waals surface area contributed by atoms with Crippen LogP contribution in [0.5, 0.6) is 0 Å². The van der Waals surface area contributed by atoms with Crippen molar-refractivity contribution in [3.63, 3.8) is 0 Å². The molecule has 0 aliphatic heterocycles. The van der Waals surface area contributed by atoms with E-state index < -0.39 is 16.1 Å². The van der Waals surface area contributed by atoms with Crippen LogP contribution in [-0.4, -0.2) is 38.9 Å². The van der Waals surface area contributed by atoms with Crippen LogP contribution in [0.15, 0.2) is 42.5 Å². The van der Waals surface area contributed by atoms with Crippen LogP contribution in [0.4, 0.5) is 5.69 Å². The number of halogens is 3. The third kappa shape index (κ3) is 6.95.